The van der Waals surface area contributed by atoms with Gasteiger partial charge in [0, 0.05) is 55.1 Å². The number of aliphatic carboxylic acids is 1. The van der Waals surface area contributed by atoms with Gasteiger partial charge in [-0.15, -0.1) is 11.3 Å². The van der Waals surface area contributed by atoms with Crippen molar-refractivity contribution in [2.45, 2.75) is 88.4 Å². The molecule has 2 aliphatic heterocycles. The molecular formula is C36H39F3N4O5S. The van der Waals surface area contributed by atoms with Gasteiger partial charge >= 0.3 is 12.1 Å². The number of hydrogen-bond donors (Lipinski definition) is 1. The van der Waals surface area contributed by atoms with Crippen molar-refractivity contribution < 1.29 is 37.4 Å². The zero-order chi connectivity index (χ0) is 35.4. The highest BCUT2D eigenvalue weighted by molar-refractivity contribution is 7.10. The smallest absolute Gasteiger partial charge is 0.417 e. The molecule has 0 unspecified atom stereocenters. The zero-order valence-electron chi connectivity index (χ0n) is 27.5. The number of pyridine rings is 1. The molecule has 3 aromatic rings. The number of piperidine rings is 2. The van der Waals surface area contributed by atoms with Crippen LogP contribution in [-0.2, 0) is 27.6 Å². The number of thiophene rings is 1. The highest BCUT2D eigenvalue weighted by Gasteiger charge is 2.56. The van der Waals surface area contributed by atoms with Gasteiger partial charge in [-0.2, -0.15) is 18.4 Å². The minimum absolute atomic E-state index is 0.0808. The number of rotatable bonds is 10. The number of halogens is 3. The summed E-state index contributed by atoms with van der Waals surface area (Å²) >= 11 is 1.43. The van der Waals surface area contributed by atoms with Gasteiger partial charge in [0.2, 0.25) is 5.60 Å². The first-order chi connectivity index (χ1) is 23.3. The standard InChI is InChI=1S/C36H39F3N4O5S/c1-3-7-30-35(48-26-20-24(2)49-22-26,13-6-17-43(30)32(46)27-21-41-16-12-29(27)36(37,38)39)33(47)42-18-14-34(23-40,15-19-42)28-9-5-4-8-25(28)10-11-31(44)45/h4-5,8-9,12,16,20-22,30H,3,6-7,10-11,13-15,17-19H2,1-2H3,(H,44,45)/t30-,35+/m1/s1. The fourth-order valence-electron chi connectivity index (χ4n) is 7.30. The maximum Gasteiger partial charge on any atom is 0.417 e. The van der Waals surface area contributed by atoms with Crippen molar-refractivity contribution in [2.24, 2.45) is 0 Å². The topological polar surface area (TPSA) is 124 Å². The number of benzene rings is 1. The number of nitriles is 1. The van der Waals surface area contributed by atoms with Crippen LogP contribution in [0.2, 0.25) is 0 Å². The van der Waals surface area contributed by atoms with E-state index >= 15 is 0 Å². The maximum absolute atomic E-state index is 14.9. The number of alkyl halides is 3. The van der Waals surface area contributed by atoms with Gasteiger partial charge in [0.1, 0.15) is 5.75 Å². The van der Waals surface area contributed by atoms with E-state index < -0.39 is 46.2 Å². The van der Waals surface area contributed by atoms with E-state index in [-0.39, 0.29) is 44.8 Å². The fourth-order valence-corrected chi connectivity index (χ4v) is 7.90. The van der Waals surface area contributed by atoms with Crippen LogP contribution in [0.15, 0.2) is 54.2 Å². The number of aromatic nitrogens is 1. The largest absolute Gasteiger partial charge is 0.481 e. The summed E-state index contributed by atoms with van der Waals surface area (Å²) in [5, 5.41) is 21.5. The number of hydrogen-bond acceptors (Lipinski definition) is 7. The number of aryl methyl sites for hydroxylation is 2. The summed E-state index contributed by atoms with van der Waals surface area (Å²) in [7, 11) is 0. The summed E-state index contributed by atoms with van der Waals surface area (Å²) in [6.45, 7) is 4.31. The number of likely N-dealkylation sites (tertiary alicyclic amines) is 2. The Balaban J connectivity index is 1.50. The van der Waals surface area contributed by atoms with Crippen molar-refractivity contribution in [2.75, 3.05) is 19.6 Å². The molecule has 1 aromatic carbocycles. The second kappa shape index (κ2) is 14.6. The second-order valence-corrected chi connectivity index (χ2v) is 13.9. The molecule has 2 aromatic heterocycles. The van der Waals surface area contributed by atoms with Gasteiger partial charge in [-0.1, -0.05) is 37.6 Å². The molecule has 2 aliphatic rings. The van der Waals surface area contributed by atoms with Crippen LogP contribution >= 0.6 is 11.3 Å². The number of carbonyl (C=O) groups is 3. The van der Waals surface area contributed by atoms with Crippen molar-refractivity contribution in [3.05, 3.63) is 81.3 Å². The maximum atomic E-state index is 14.9. The Hall–Kier alpha value is -4.44. The Morgan fingerprint density at radius 3 is 2.51 bits per heavy atom. The average Bonchev–Trinajstić information content (AvgIpc) is 3.51. The summed E-state index contributed by atoms with van der Waals surface area (Å²) in [4.78, 5) is 48.0. The Morgan fingerprint density at radius 2 is 1.88 bits per heavy atom. The van der Waals surface area contributed by atoms with Crippen LogP contribution in [0, 0.1) is 18.3 Å². The summed E-state index contributed by atoms with van der Waals surface area (Å²) in [5.41, 5.74) is -2.69. The quantitative estimate of drug-likeness (QED) is 0.248. The molecule has 13 heteroatoms. The molecule has 9 nitrogen and oxygen atoms in total. The van der Waals surface area contributed by atoms with Crippen LogP contribution in [0.5, 0.6) is 5.75 Å². The van der Waals surface area contributed by atoms with Gasteiger partial charge in [-0.3, -0.25) is 19.4 Å². The Kier molecular flexibility index (Phi) is 10.7. The van der Waals surface area contributed by atoms with Crippen molar-refractivity contribution >= 4 is 29.1 Å². The first-order valence-corrected chi connectivity index (χ1v) is 17.3. The van der Waals surface area contributed by atoms with E-state index in [9.17, 15) is 37.9 Å². The first-order valence-electron chi connectivity index (χ1n) is 16.4. The van der Waals surface area contributed by atoms with E-state index in [1.54, 1.807) is 16.3 Å². The molecule has 0 aliphatic carbocycles. The molecule has 4 heterocycles. The predicted octanol–water partition coefficient (Wildman–Crippen LogP) is 6.79. The van der Waals surface area contributed by atoms with E-state index in [1.807, 2.05) is 38.1 Å². The molecule has 0 spiro atoms. The van der Waals surface area contributed by atoms with E-state index in [4.69, 9.17) is 4.74 Å². The van der Waals surface area contributed by atoms with Crippen molar-refractivity contribution in [1.29, 1.82) is 5.26 Å². The third-order valence-electron chi connectivity index (χ3n) is 9.67. The third-order valence-corrected chi connectivity index (χ3v) is 10.5. The normalized spacial score (nSPS) is 20.8. The third kappa shape index (κ3) is 7.29. The van der Waals surface area contributed by atoms with Crippen molar-refractivity contribution in [1.82, 2.24) is 14.8 Å². The molecule has 5 rings (SSSR count). The molecule has 2 amide bonds. The molecule has 0 saturated carbocycles. The monoisotopic (exact) mass is 696 g/mol. The van der Waals surface area contributed by atoms with Crippen LogP contribution in [0.3, 0.4) is 0 Å². The SMILES string of the molecule is CCC[C@H]1N(C(=O)c2cnccc2C(F)(F)F)CCC[C@@]1(Oc1csc(C)c1)C(=O)N1CCC(C#N)(c2ccccc2CCC(=O)O)CC1. The van der Waals surface area contributed by atoms with E-state index in [2.05, 4.69) is 11.1 Å². The van der Waals surface area contributed by atoms with Crippen molar-refractivity contribution in [3.8, 4) is 11.8 Å². The van der Waals surface area contributed by atoms with Crippen LogP contribution in [0.25, 0.3) is 0 Å². The predicted molar refractivity (Wildman–Crippen MR) is 176 cm³/mol. The second-order valence-electron chi connectivity index (χ2n) is 12.7. The number of carbonyl (C=O) groups excluding carboxylic acids is 2. The molecule has 2 atom stereocenters. The van der Waals surface area contributed by atoms with Crippen molar-refractivity contribution in [3.63, 3.8) is 0 Å². The summed E-state index contributed by atoms with van der Waals surface area (Å²) < 4.78 is 48.7. The lowest BCUT2D eigenvalue weighted by Gasteiger charge is -2.51. The molecule has 2 fully saturated rings. The number of nitrogens with zero attached hydrogens (tertiary/aromatic N) is 4. The number of amides is 2. The summed E-state index contributed by atoms with van der Waals surface area (Å²) in [6.07, 6.45) is -0.706. The first kappa shape index (κ1) is 35.9. The van der Waals surface area contributed by atoms with E-state index in [1.165, 1.54) is 16.2 Å². The molecule has 260 valence electrons. The lowest BCUT2D eigenvalue weighted by molar-refractivity contribution is -0.160. The van der Waals surface area contributed by atoms with Gasteiger partial charge in [0.25, 0.3) is 11.8 Å². The molecule has 0 bridgehead atoms. The summed E-state index contributed by atoms with van der Waals surface area (Å²) in [6, 6.07) is 11.5. The van der Waals surface area contributed by atoms with E-state index in [0.717, 1.165) is 34.5 Å². The zero-order valence-corrected chi connectivity index (χ0v) is 28.3. The van der Waals surface area contributed by atoms with Crippen LogP contribution in [0.4, 0.5) is 13.2 Å². The fraction of sp³-hybridized carbons (Fsp3) is 0.472. The number of carboxylic acids is 1. The van der Waals surface area contributed by atoms with E-state index in [0.29, 0.717) is 37.9 Å². The average molecular weight is 697 g/mol. The Morgan fingerprint density at radius 1 is 1.14 bits per heavy atom. The van der Waals surface area contributed by atoms with Gasteiger partial charge < -0.3 is 19.6 Å². The van der Waals surface area contributed by atoms with Gasteiger partial charge in [0.15, 0.2) is 0 Å². The van der Waals surface area contributed by atoms with Crippen LogP contribution in [-0.4, -0.2) is 69.0 Å². The summed E-state index contributed by atoms with van der Waals surface area (Å²) in [5.74, 6) is -1.73. The molecule has 1 N–H and O–H groups in total. The molecular weight excluding hydrogens is 657 g/mol. The van der Waals surface area contributed by atoms with Crippen LogP contribution < -0.4 is 4.74 Å². The molecule has 0 radical (unpaired) electrons. The lowest BCUT2D eigenvalue weighted by atomic mass is 9.71. The van der Waals surface area contributed by atoms with Gasteiger partial charge in [-0.25, -0.2) is 0 Å². The lowest BCUT2D eigenvalue weighted by Crippen LogP contribution is -2.68. The number of carboxylic acid groups (broad SMARTS) is 1. The minimum atomic E-state index is -4.78. The Labute approximate surface area is 287 Å². The minimum Gasteiger partial charge on any atom is -0.481 e. The molecule has 49 heavy (non-hydrogen) atoms. The highest BCUT2D eigenvalue weighted by atomic mass is 32.1. The molecule has 2 saturated heterocycles. The van der Waals surface area contributed by atoms with Gasteiger partial charge in [-0.05, 0) is 62.3 Å². The van der Waals surface area contributed by atoms with Crippen LogP contribution in [0.1, 0.15) is 83.8 Å². The number of ether oxygens (including phenoxy) is 1. The highest BCUT2D eigenvalue weighted by Crippen LogP contribution is 2.43. The van der Waals surface area contributed by atoms with Gasteiger partial charge in [0.05, 0.1) is 28.7 Å². The Bertz CT molecular complexity index is 1730.